The molecular formula is C15H17ClN4O2. The monoisotopic (exact) mass is 320 g/mol. The van der Waals surface area contributed by atoms with Gasteiger partial charge in [-0.3, -0.25) is 5.32 Å². The van der Waals surface area contributed by atoms with Gasteiger partial charge in [-0.25, -0.2) is 9.78 Å². The van der Waals surface area contributed by atoms with Gasteiger partial charge in [0, 0.05) is 12.2 Å². The average molecular weight is 321 g/mol. The van der Waals surface area contributed by atoms with Gasteiger partial charge in [0.05, 0.1) is 12.8 Å². The van der Waals surface area contributed by atoms with Crippen LogP contribution in [0.5, 0.6) is 0 Å². The summed E-state index contributed by atoms with van der Waals surface area (Å²) < 4.78 is 4.63. The normalized spacial score (nSPS) is 10.1. The van der Waals surface area contributed by atoms with Crippen molar-refractivity contribution in [3.05, 3.63) is 46.6 Å². The Labute approximate surface area is 133 Å². The van der Waals surface area contributed by atoms with Crippen LogP contribution in [0.25, 0.3) is 0 Å². The van der Waals surface area contributed by atoms with Crippen LogP contribution < -0.4 is 16.4 Å². The van der Waals surface area contributed by atoms with Crippen molar-refractivity contribution in [2.75, 3.05) is 23.5 Å². The highest BCUT2D eigenvalue weighted by Crippen LogP contribution is 2.24. The molecule has 0 atom stereocenters. The number of anilines is 3. The minimum absolute atomic E-state index is 0.323. The summed E-state index contributed by atoms with van der Waals surface area (Å²) in [6.07, 6.45) is -0.514. The van der Waals surface area contributed by atoms with E-state index in [9.17, 15) is 4.79 Å². The highest BCUT2D eigenvalue weighted by Gasteiger charge is 2.10. The van der Waals surface area contributed by atoms with Crippen LogP contribution in [-0.4, -0.2) is 18.2 Å². The fourth-order valence-corrected chi connectivity index (χ4v) is 2.15. The number of hydrogen-bond donors (Lipinski definition) is 3. The lowest BCUT2D eigenvalue weighted by Crippen LogP contribution is -2.14. The van der Waals surface area contributed by atoms with Gasteiger partial charge in [0.2, 0.25) is 0 Å². The number of aromatic nitrogens is 1. The smallest absolute Gasteiger partial charge is 0.411 e. The third-order valence-corrected chi connectivity index (χ3v) is 3.39. The van der Waals surface area contributed by atoms with E-state index in [2.05, 4.69) is 20.4 Å². The van der Waals surface area contributed by atoms with Crippen molar-refractivity contribution in [3.63, 3.8) is 0 Å². The predicted molar refractivity (Wildman–Crippen MR) is 88.2 cm³/mol. The van der Waals surface area contributed by atoms with Gasteiger partial charge in [0.15, 0.2) is 0 Å². The minimum Gasteiger partial charge on any atom is -0.453 e. The Balaban J connectivity index is 2.19. The third kappa shape index (κ3) is 3.79. The van der Waals surface area contributed by atoms with Crippen molar-refractivity contribution in [2.45, 2.75) is 13.5 Å². The van der Waals surface area contributed by atoms with Crippen molar-refractivity contribution < 1.29 is 9.53 Å². The zero-order chi connectivity index (χ0) is 16.1. The van der Waals surface area contributed by atoms with E-state index >= 15 is 0 Å². The first kappa shape index (κ1) is 15.9. The molecule has 1 aromatic heterocycles. The zero-order valence-electron chi connectivity index (χ0n) is 12.3. The Morgan fingerprint density at radius 2 is 2.09 bits per heavy atom. The highest BCUT2D eigenvalue weighted by molar-refractivity contribution is 6.29. The third-order valence-electron chi connectivity index (χ3n) is 3.18. The second-order valence-electron chi connectivity index (χ2n) is 4.64. The molecule has 1 aromatic carbocycles. The van der Waals surface area contributed by atoms with E-state index < -0.39 is 6.09 Å². The van der Waals surface area contributed by atoms with Crippen LogP contribution in [0.15, 0.2) is 30.3 Å². The molecule has 0 unspecified atom stereocenters. The summed E-state index contributed by atoms with van der Waals surface area (Å²) in [4.78, 5) is 15.4. The van der Waals surface area contributed by atoms with Crippen LogP contribution in [0, 0.1) is 6.92 Å². The first-order valence-electron chi connectivity index (χ1n) is 6.60. The van der Waals surface area contributed by atoms with Gasteiger partial charge < -0.3 is 15.8 Å². The number of nitrogen functional groups attached to an aromatic ring is 1. The molecule has 0 spiro atoms. The van der Waals surface area contributed by atoms with Gasteiger partial charge in [0.1, 0.15) is 11.0 Å². The standard InChI is InChI=1S/C15H17ClN4O2/c1-9-4-3-5-11(19-15(21)22-2)10(9)8-18-12-6-7-13(16)20-14(12)17/h3-7,18H,8H2,1-2H3,(H2,17,20)(H,19,21). The number of nitrogens with two attached hydrogens (primary N) is 1. The Kier molecular flexibility index (Phi) is 5.06. The number of carbonyl (C=O) groups is 1. The van der Waals surface area contributed by atoms with E-state index in [4.69, 9.17) is 17.3 Å². The molecule has 0 radical (unpaired) electrons. The molecule has 0 saturated heterocycles. The maximum absolute atomic E-state index is 11.4. The van der Waals surface area contributed by atoms with E-state index in [0.717, 1.165) is 11.1 Å². The van der Waals surface area contributed by atoms with Crippen LogP contribution in [-0.2, 0) is 11.3 Å². The Morgan fingerprint density at radius 3 is 2.77 bits per heavy atom. The first-order chi connectivity index (χ1) is 10.5. The summed E-state index contributed by atoms with van der Waals surface area (Å²) in [5.41, 5.74) is 9.14. The lowest BCUT2D eigenvalue weighted by Gasteiger charge is -2.15. The number of halogens is 1. The molecular weight excluding hydrogens is 304 g/mol. The second-order valence-corrected chi connectivity index (χ2v) is 5.03. The lowest BCUT2D eigenvalue weighted by atomic mass is 10.1. The van der Waals surface area contributed by atoms with Crippen molar-refractivity contribution in [2.24, 2.45) is 0 Å². The number of pyridine rings is 1. The summed E-state index contributed by atoms with van der Waals surface area (Å²) in [7, 11) is 1.32. The molecule has 2 rings (SSSR count). The molecule has 6 nitrogen and oxygen atoms in total. The van der Waals surface area contributed by atoms with Crippen molar-refractivity contribution in [1.82, 2.24) is 4.98 Å². The molecule has 0 fully saturated rings. The molecule has 2 aromatic rings. The molecule has 0 saturated carbocycles. The van der Waals surface area contributed by atoms with Gasteiger partial charge in [0.25, 0.3) is 0 Å². The molecule has 7 heteroatoms. The summed E-state index contributed by atoms with van der Waals surface area (Å²) in [5.74, 6) is 0.323. The number of rotatable bonds is 4. The van der Waals surface area contributed by atoms with Crippen LogP contribution >= 0.6 is 11.6 Å². The molecule has 116 valence electrons. The van der Waals surface area contributed by atoms with E-state index in [1.807, 2.05) is 25.1 Å². The molecule has 22 heavy (non-hydrogen) atoms. The van der Waals surface area contributed by atoms with Crippen LogP contribution in [0.3, 0.4) is 0 Å². The highest BCUT2D eigenvalue weighted by atomic mass is 35.5. The fourth-order valence-electron chi connectivity index (χ4n) is 2.00. The summed E-state index contributed by atoms with van der Waals surface area (Å²) >= 11 is 5.78. The number of nitrogens with zero attached hydrogens (tertiary/aromatic N) is 1. The Bertz CT molecular complexity index is 691. The number of aryl methyl sites for hydroxylation is 1. The maximum Gasteiger partial charge on any atom is 0.411 e. The second kappa shape index (κ2) is 7.00. The molecule has 1 amide bonds. The molecule has 0 bridgehead atoms. The molecule has 4 N–H and O–H groups in total. The maximum atomic E-state index is 11.4. The van der Waals surface area contributed by atoms with Crippen LogP contribution in [0.4, 0.5) is 22.0 Å². The fraction of sp³-hybridized carbons (Fsp3) is 0.200. The quantitative estimate of drug-likeness (QED) is 0.751. The van der Waals surface area contributed by atoms with E-state index in [0.29, 0.717) is 28.9 Å². The van der Waals surface area contributed by atoms with Gasteiger partial charge in [-0.15, -0.1) is 0 Å². The Hall–Kier alpha value is -2.47. The van der Waals surface area contributed by atoms with Gasteiger partial charge in [-0.2, -0.15) is 0 Å². The number of methoxy groups -OCH3 is 1. The van der Waals surface area contributed by atoms with Gasteiger partial charge in [-0.05, 0) is 36.2 Å². The number of hydrogen-bond acceptors (Lipinski definition) is 5. The predicted octanol–water partition coefficient (Wildman–Crippen LogP) is 3.42. The largest absolute Gasteiger partial charge is 0.453 e. The molecule has 0 aliphatic heterocycles. The van der Waals surface area contributed by atoms with Gasteiger partial charge >= 0.3 is 6.09 Å². The van der Waals surface area contributed by atoms with E-state index in [1.54, 1.807) is 12.1 Å². The molecule has 1 heterocycles. The minimum atomic E-state index is -0.514. The van der Waals surface area contributed by atoms with Crippen LogP contribution in [0.2, 0.25) is 5.15 Å². The number of benzene rings is 1. The van der Waals surface area contributed by atoms with E-state index in [-0.39, 0.29) is 0 Å². The number of nitrogens with one attached hydrogen (secondary N) is 2. The number of carbonyl (C=O) groups excluding carboxylic acids is 1. The summed E-state index contributed by atoms with van der Waals surface area (Å²) in [5, 5.41) is 6.22. The van der Waals surface area contributed by atoms with Crippen molar-refractivity contribution in [3.8, 4) is 0 Å². The van der Waals surface area contributed by atoms with Gasteiger partial charge in [-0.1, -0.05) is 23.7 Å². The van der Waals surface area contributed by atoms with E-state index in [1.165, 1.54) is 7.11 Å². The molecule has 0 aliphatic rings. The topological polar surface area (TPSA) is 89.3 Å². The number of amides is 1. The van der Waals surface area contributed by atoms with Crippen LogP contribution in [0.1, 0.15) is 11.1 Å². The summed E-state index contributed by atoms with van der Waals surface area (Å²) in [6, 6.07) is 9.05. The average Bonchev–Trinajstić information content (AvgIpc) is 2.48. The van der Waals surface area contributed by atoms with Crippen molar-refractivity contribution in [1.29, 1.82) is 0 Å². The lowest BCUT2D eigenvalue weighted by molar-refractivity contribution is 0.187. The summed E-state index contributed by atoms with van der Waals surface area (Å²) in [6.45, 7) is 2.43. The molecule has 0 aliphatic carbocycles. The zero-order valence-corrected chi connectivity index (χ0v) is 13.1. The SMILES string of the molecule is COC(=O)Nc1cccc(C)c1CNc1ccc(Cl)nc1N. The Morgan fingerprint density at radius 1 is 1.32 bits per heavy atom. The first-order valence-corrected chi connectivity index (χ1v) is 6.98. The number of ether oxygens (including phenoxy) is 1. The van der Waals surface area contributed by atoms with Crippen molar-refractivity contribution >= 4 is 34.9 Å².